The maximum atomic E-state index is 13.0. The first kappa shape index (κ1) is 21.2. The number of hydrogen-bond acceptors (Lipinski definition) is 7. The van der Waals surface area contributed by atoms with Gasteiger partial charge in [-0.3, -0.25) is 9.69 Å². The molecule has 1 saturated carbocycles. The van der Waals surface area contributed by atoms with E-state index < -0.39 is 24.1 Å². The van der Waals surface area contributed by atoms with Crippen LogP contribution in [-0.4, -0.2) is 64.9 Å². The maximum absolute atomic E-state index is 13.0. The molecule has 2 aromatic rings. The van der Waals surface area contributed by atoms with E-state index in [1.807, 2.05) is 0 Å². The monoisotopic (exact) mass is 442 g/mol. The summed E-state index contributed by atoms with van der Waals surface area (Å²) in [4.78, 5) is 23.1. The lowest BCUT2D eigenvalue weighted by Crippen LogP contribution is -2.55. The fourth-order valence-electron chi connectivity index (χ4n) is 3.42. The predicted octanol–water partition coefficient (Wildman–Crippen LogP) is 2.84. The number of carbonyl (C=O) groups excluding carboxylic acids is 1. The normalized spacial score (nSPS) is 19.9. The minimum atomic E-state index is -4.83. The van der Waals surface area contributed by atoms with E-state index in [9.17, 15) is 23.1 Å². The fourth-order valence-corrected chi connectivity index (χ4v) is 3.42. The van der Waals surface area contributed by atoms with Crippen LogP contribution in [-0.2, 0) is 4.74 Å². The first-order valence-corrected chi connectivity index (χ1v) is 9.51. The third kappa shape index (κ3) is 4.54. The molecule has 168 valence electrons. The highest BCUT2D eigenvalue weighted by Gasteiger charge is 2.44. The average molecular weight is 442 g/mol. The van der Waals surface area contributed by atoms with Gasteiger partial charge in [0.25, 0.3) is 5.91 Å². The van der Waals surface area contributed by atoms with E-state index in [-0.39, 0.29) is 35.7 Å². The van der Waals surface area contributed by atoms with E-state index in [4.69, 9.17) is 9.47 Å². The van der Waals surface area contributed by atoms with Gasteiger partial charge in [0, 0.05) is 26.8 Å². The van der Waals surface area contributed by atoms with Crippen molar-refractivity contribution < 1.29 is 37.3 Å². The summed E-state index contributed by atoms with van der Waals surface area (Å²) >= 11 is 0. The van der Waals surface area contributed by atoms with Gasteiger partial charge in [-0.1, -0.05) is 6.07 Å². The number of anilines is 1. The Balaban J connectivity index is 1.54. The Labute approximate surface area is 175 Å². The summed E-state index contributed by atoms with van der Waals surface area (Å²) < 4.78 is 52.1. The number of carbonyl (C=O) groups is 1. The van der Waals surface area contributed by atoms with Crippen molar-refractivity contribution in [1.82, 2.24) is 14.9 Å². The van der Waals surface area contributed by atoms with Gasteiger partial charge >= 0.3 is 12.4 Å². The highest BCUT2D eigenvalue weighted by Crippen LogP contribution is 2.39. The Morgan fingerprint density at radius 2 is 2.03 bits per heavy atom. The summed E-state index contributed by atoms with van der Waals surface area (Å²) in [6.07, 6.45) is -3.74. The molecule has 1 amide bonds. The van der Waals surface area contributed by atoms with E-state index in [0.29, 0.717) is 19.3 Å². The molecule has 0 bridgehead atoms. The van der Waals surface area contributed by atoms with Crippen molar-refractivity contribution in [2.24, 2.45) is 0 Å². The SMILES string of the molecule is COC1N(CCC2(O)CC2)C(=O)c2[nH]c(Oc3cccc(OC(F)(F)F)c3)nc2N1C. The molecule has 2 aliphatic rings. The summed E-state index contributed by atoms with van der Waals surface area (Å²) in [5, 5.41) is 10.1. The third-order valence-corrected chi connectivity index (χ3v) is 5.18. The van der Waals surface area contributed by atoms with Crippen molar-refractivity contribution in [2.75, 3.05) is 25.6 Å². The Morgan fingerprint density at radius 1 is 1.32 bits per heavy atom. The average Bonchev–Trinajstić information content (AvgIpc) is 3.26. The summed E-state index contributed by atoms with van der Waals surface area (Å²) in [6.45, 7) is 0.281. The van der Waals surface area contributed by atoms with Crippen LogP contribution in [0.25, 0.3) is 0 Å². The number of imidazole rings is 1. The minimum Gasteiger partial charge on any atom is -0.425 e. The molecule has 31 heavy (non-hydrogen) atoms. The van der Waals surface area contributed by atoms with Gasteiger partial charge in [-0.15, -0.1) is 13.2 Å². The van der Waals surface area contributed by atoms with Crippen molar-refractivity contribution in [2.45, 2.75) is 37.6 Å². The predicted molar refractivity (Wildman–Crippen MR) is 101 cm³/mol. The number of aromatic amines is 1. The molecule has 2 heterocycles. The van der Waals surface area contributed by atoms with Crippen LogP contribution in [0.3, 0.4) is 0 Å². The molecular weight excluding hydrogens is 421 g/mol. The number of rotatable bonds is 7. The molecule has 1 aromatic heterocycles. The topological polar surface area (TPSA) is 100 Å². The maximum Gasteiger partial charge on any atom is 0.573 e. The molecule has 1 atom stereocenters. The van der Waals surface area contributed by atoms with Gasteiger partial charge in [-0.25, -0.2) is 0 Å². The molecule has 12 heteroatoms. The van der Waals surface area contributed by atoms with Crippen molar-refractivity contribution in [3.8, 4) is 17.5 Å². The van der Waals surface area contributed by atoms with Gasteiger partial charge in [0.1, 0.15) is 11.5 Å². The van der Waals surface area contributed by atoms with Crippen molar-refractivity contribution in [3.63, 3.8) is 0 Å². The van der Waals surface area contributed by atoms with E-state index in [0.717, 1.165) is 12.1 Å². The zero-order valence-electron chi connectivity index (χ0n) is 16.8. The van der Waals surface area contributed by atoms with Crippen LogP contribution in [0.15, 0.2) is 24.3 Å². The van der Waals surface area contributed by atoms with E-state index >= 15 is 0 Å². The van der Waals surface area contributed by atoms with Crippen LogP contribution in [0.5, 0.6) is 17.5 Å². The summed E-state index contributed by atoms with van der Waals surface area (Å²) in [5.74, 6) is -0.520. The molecule has 1 fully saturated rings. The minimum absolute atomic E-state index is 0.0408. The summed E-state index contributed by atoms with van der Waals surface area (Å²) in [5.41, 5.74) is -0.584. The molecule has 1 aromatic carbocycles. The Bertz CT molecular complexity index is 976. The second-order valence-electron chi connectivity index (χ2n) is 7.51. The van der Waals surface area contributed by atoms with Gasteiger partial charge in [0.2, 0.25) is 6.35 Å². The van der Waals surface area contributed by atoms with Crippen molar-refractivity contribution in [3.05, 3.63) is 30.0 Å². The quantitative estimate of drug-likeness (QED) is 0.680. The standard InChI is InChI=1S/C19H21F3N4O5/c1-25-14-13(15(27)26(17(25)29-2)9-8-18(28)6-7-18)23-16(24-14)30-11-4-3-5-12(10-11)31-19(20,21)22/h3-5,10,17,28H,6-9H2,1-2H3,(H,23,24). The number of ether oxygens (including phenoxy) is 3. The molecule has 0 saturated heterocycles. The number of aromatic nitrogens is 2. The van der Waals surface area contributed by atoms with Crippen molar-refractivity contribution >= 4 is 11.7 Å². The van der Waals surface area contributed by atoms with Crippen molar-refractivity contribution in [1.29, 1.82) is 0 Å². The first-order chi connectivity index (χ1) is 14.6. The summed E-state index contributed by atoms with van der Waals surface area (Å²) in [6, 6.07) is 4.88. The third-order valence-electron chi connectivity index (χ3n) is 5.18. The molecule has 1 aliphatic carbocycles. The zero-order chi connectivity index (χ0) is 22.4. The molecule has 2 N–H and O–H groups in total. The second kappa shape index (κ2) is 7.61. The van der Waals surface area contributed by atoms with Gasteiger partial charge in [-0.05, 0) is 31.4 Å². The Kier molecular flexibility index (Phi) is 5.21. The van der Waals surface area contributed by atoms with Crippen LogP contribution in [0.4, 0.5) is 19.0 Å². The fraction of sp³-hybridized carbons (Fsp3) is 0.474. The number of nitrogens with zero attached hydrogens (tertiary/aromatic N) is 3. The number of aliphatic hydroxyl groups is 1. The number of alkyl halides is 3. The lowest BCUT2D eigenvalue weighted by molar-refractivity contribution is -0.274. The number of H-pyrrole nitrogens is 1. The van der Waals surface area contributed by atoms with Gasteiger partial charge in [0.15, 0.2) is 11.5 Å². The van der Waals surface area contributed by atoms with Gasteiger partial charge in [-0.2, -0.15) is 4.98 Å². The number of hydrogen-bond donors (Lipinski definition) is 2. The van der Waals surface area contributed by atoms with Gasteiger partial charge in [0.05, 0.1) is 5.60 Å². The first-order valence-electron chi connectivity index (χ1n) is 9.51. The lowest BCUT2D eigenvalue weighted by Gasteiger charge is -2.40. The van der Waals surface area contributed by atoms with Gasteiger partial charge < -0.3 is 29.2 Å². The zero-order valence-corrected chi connectivity index (χ0v) is 16.8. The number of benzene rings is 1. The largest absolute Gasteiger partial charge is 0.573 e. The molecular formula is C19H21F3N4O5. The summed E-state index contributed by atoms with van der Waals surface area (Å²) in [7, 11) is 3.13. The smallest absolute Gasteiger partial charge is 0.425 e. The molecule has 0 radical (unpaired) electrons. The molecule has 4 rings (SSSR count). The molecule has 9 nitrogen and oxygen atoms in total. The number of nitrogens with one attached hydrogen (secondary N) is 1. The van der Waals surface area contributed by atoms with Crippen LogP contribution < -0.4 is 14.4 Å². The van der Waals surface area contributed by atoms with Crippen LogP contribution in [0.1, 0.15) is 29.8 Å². The van der Waals surface area contributed by atoms with Crippen LogP contribution in [0, 0.1) is 0 Å². The number of halogens is 3. The highest BCUT2D eigenvalue weighted by molar-refractivity contribution is 5.99. The lowest BCUT2D eigenvalue weighted by atomic mass is 10.2. The molecule has 1 unspecified atom stereocenters. The number of fused-ring (bicyclic) bond motifs is 1. The number of methoxy groups -OCH3 is 1. The van der Waals surface area contributed by atoms with E-state index in [1.54, 1.807) is 11.9 Å². The van der Waals surface area contributed by atoms with E-state index in [1.165, 1.54) is 24.1 Å². The second-order valence-corrected chi connectivity index (χ2v) is 7.51. The molecule has 1 aliphatic heterocycles. The van der Waals surface area contributed by atoms with Crippen LogP contribution >= 0.6 is 0 Å². The molecule has 0 spiro atoms. The highest BCUT2D eigenvalue weighted by atomic mass is 19.4. The van der Waals surface area contributed by atoms with Crippen LogP contribution in [0.2, 0.25) is 0 Å². The number of amides is 1. The Morgan fingerprint density at radius 3 is 2.68 bits per heavy atom. The Hall–Kier alpha value is -2.99. The van der Waals surface area contributed by atoms with E-state index in [2.05, 4.69) is 14.7 Å².